The minimum atomic E-state index is -3.44. The van der Waals surface area contributed by atoms with Gasteiger partial charge in [0.05, 0.1) is 30.1 Å². The van der Waals surface area contributed by atoms with Crippen molar-refractivity contribution in [3.63, 3.8) is 0 Å². The molecule has 2 aromatic heterocycles. The summed E-state index contributed by atoms with van der Waals surface area (Å²) in [5.41, 5.74) is 8.24. The van der Waals surface area contributed by atoms with Gasteiger partial charge in [-0.2, -0.15) is 22.1 Å². The van der Waals surface area contributed by atoms with Crippen molar-refractivity contribution >= 4 is 49.2 Å². The van der Waals surface area contributed by atoms with Crippen molar-refractivity contribution in [1.82, 2.24) is 23.0 Å². The monoisotopic (exact) mass is 775 g/mol. The number of piperazine rings is 1. The average molecular weight is 776 g/mol. The van der Waals surface area contributed by atoms with Gasteiger partial charge in [-0.25, -0.2) is 4.79 Å². The highest BCUT2D eigenvalue weighted by Crippen LogP contribution is 2.40. The zero-order valence-corrected chi connectivity index (χ0v) is 33.3. The Balaban J connectivity index is 1.07. The highest BCUT2D eigenvalue weighted by molar-refractivity contribution is 7.86. The number of aromatic nitrogens is 3. The fourth-order valence-electron chi connectivity index (χ4n) is 8.58. The van der Waals surface area contributed by atoms with Gasteiger partial charge < -0.3 is 24.2 Å². The summed E-state index contributed by atoms with van der Waals surface area (Å²) in [7, 11) is 1.68. The molecule has 4 aromatic carbocycles. The Hall–Kier alpha value is -5.37. The fourth-order valence-corrected chi connectivity index (χ4v) is 9.66. The molecular formula is C43H49N7O5S. The molecule has 56 heavy (non-hydrogen) atoms. The Labute approximate surface area is 328 Å². The van der Waals surface area contributed by atoms with Gasteiger partial charge in [0.25, 0.3) is 10.2 Å². The van der Waals surface area contributed by atoms with Gasteiger partial charge in [0.15, 0.2) is 0 Å². The summed E-state index contributed by atoms with van der Waals surface area (Å²) in [6.07, 6.45) is 1.97. The van der Waals surface area contributed by atoms with Crippen molar-refractivity contribution in [2.75, 3.05) is 63.2 Å². The molecule has 1 N–H and O–H groups in total. The third-order valence-electron chi connectivity index (χ3n) is 11.3. The predicted molar refractivity (Wildman–Crippen MR) is 222 cm³/mol. The lowest BCUT2D eigenvalue weighted by Gasteiger charge is -2.36. The van der Waals surface area contributed by atoms with Crippen LogP contribution in [-0.4, -0.2) is 95.9 Å². The maximum Gasteiger partial charge on any atom is 0.352 e. The zero-order chi connectivity index (χ0) is 39.1. The second-order valence-electron chi connectivity index (χ2n) is 14.9. The van der Waals surface area contributed by atoms with Crippen LogP contribution in [0.2, 0.25) is 0 Å². The molecule has 0 radical (unpaired) electrons. The number of fused-ring (bicyclic) bond motifs is 3. The van der Waals surface area contributed by atoms with Crippen LogP contribution in [0.25, 0.3) is 32.8 Å². The molecule has 0 bridgehead atoms. The molecular weight excluding hydrogens is 727 g/mol. The number of aryl methyl sites for hydroxylation is 4. The van der Waals surface area contributed by atoms with Gasteiger partial charge >= 0.3 is 5.97 Å². The number of para-hydroxylation sites is 1. The van der Waals surface area contributed by atoms with E-state index in [-0.39, 0.29) is 0 Å². The smallest absolute Gasteiger partial charge is 0.352 e. The van der Waals surface area contributed by atoms with E-state index in [1.165, 1.54) is 8.61 Å². The lowest BCUT2D eigenvalue weighted by Crippen LogP contribution is -2.51. The largest absolute Gasteiger partial charge is 0.493 e. The van der Waals surface area contributed by atoms with E-state index in [4.69, 9.17) is 9.84 Å². The Morgan fingerprint density at radius 2 is 1.52 bits per heavy atom. The van der Waals surface area contributed by atoms with Gasteiger partial charge in [-0.05, 0) is 67.5 Å². The van der Waals surface area contributed by atoms with Crippen molar-refractivity contribution in [3.05, 3.63) is 108 Å². The standard InChI is InChI=1S/C43H49N7O5S/c1-30-40-37-15-8-14-35-36(16-9-28-55-39-17-7-12-31-11-5-6-13-34(31)39)42(43(51)52)50(41(35)37)23-10-22-48(29-38(40)46(4)44-30)33-20-18-32(19-21-33)47-24-26-49(27-25-47)56(53,54)45(2)3/h5-8,11-15,17-21H,9-10,16,22-29H2,1-4H3,(H,51,52). The Morgan fingerprint density at radius 3 is 2.25 bits per heavy atom. The third kappa shape index (κ3) is 6.88. The zero-order valence-electron chi connectivity index (χ0n) is 32.5. The number of hydrogen-bond donors (Lipinski definition) is 1. The SMILES string of the molecule is Cc1nn(C)c2c1-c1cccc3c(CCCOc4cccc5ccccc45)c(C(=O)O)n(c13)CCCN(c1ccc(N3CCN(S(=O)(=O)N(C)C)CC3)cc1)C2. The highest BCUT2D eigenvalue weighted by Gasteiger charge is 2.30. The number of benzene rings is 4. The van der Waals surface area contributed by atoms with Crippen LogP contribution in [0.3, 0.4) is 0 Å². The van der Waals surface area contributed by atoms with Crippen LogP contribution in [0.5, 0.6) is 5.75 Å². The molecule has 292 valence electrons. The lowest BCUT2D eigenvalue weighted by atomic mass is 9.97. The molecule has 12 nitrogen and oxygen atoms in total. The van der Waals surface area contributed by atoms with Crippen LogP contribution in [0, 0.1) is 6.92 Å². The number of anilines is 2. The minimum Gasteiger partial charge on any atom is -0.493 e. The van der Waals surface area contributed by atoms with Gasteiger partial charge in [-0.15, -0.1) is 0 Å². The fraction of sp³-hybridized carbons (Fsp3) is 0.349. The first-order valence-electron chi connectivity index (χ1n) is 19.3. The van der Waals surface area contributed by atoms with Crippen molar-refractivity contribution in [1.29, 1.82) is 0 Å². The summed E-state index contributed by atoms with van der Waals surface area (Å²) in [5, 5.41) is 18.9. The van der Waals surface area contributed by atoms with Crippen molar-refractivity contribution in [3.8, 4) is 16.9 Å². The van der Waals surface area contributed by atoms with E-state index in [9.17, 15) is 18.3 Å². The first-order valence-corrected chi connectivity index (χ1v) is 20.7. The average Bonchev–Trinajstić information content (AvgIpc) is 3.67. The van der Waals surface area contributed by atoms with Crippen LogP contribution in [-0.2, 0) is 36.8 Å². The Kier molecular flexibility index (Phi) is 10.2. The number of carboxylic acid groups (broad SMARTS) is 1. The third-order valence-corrected chi connectivity index (χ3v) is 13.3. The molecule has 0 aliphatic carbocycles. The van der Waals surface area contributed by atoms with Crippen LogP contribution >= 0.6 is 0 Å². The molecule has 6 aromatic rings. The number of nitrogens with zero attached hydrogens (tertiary/aromatic N) is 7. The number of carboxylic acids is 1. The summed E-state index contributed by atoms with van der Waals surface area (Å²) < 4.78 is 38.4. The maximum atomic E-state index is 13.2. The van der Waals surface area contributed by atoms with Crippen molar-refractivity contribution < 1.29 is 23.1 Å². The van der Waals surface area contributed by atoms with E-state index in [1.54, 1.807) is 14.1 Å². The number of rotatable bonds is 10. The molecule has 0 atom stereocenters. The van der Waals surface area contributed by atoms with Gasteiger partial charge in [-0.1, -0.05) is 54.6 Å². The normalized spacial score (nSPS) is 15.4. The molecule has 13 heteroatoms. The second-order valence-corrected chi connectivity index (χ2v) is 17.1. The lowest BCUT2D eigenvalue weighted by molar-refractivity contribution is 0.0684. The van der Waals surface area contributed by atoms with E-state index in [0.29, 0.717) is 71.0 Å². The summed E-state index contributed by atoms with van der Waals surface area (Å²) in [6.45, 7) is 6.48. The highest BCUT2D eigenvalue weighted by atomic mass is 32.2. The first-order chi connectivity index (χ1) is 27.0. The molecule has 2 aliphatic rings. The van der Waals surface area contributed by atoms with Gasteiger partial charge in [0.1, 0.15) is 11.4 Å². The van der Waals surface area contributed by atoms with E-state index < -0.39 is 16.2 Å². The number of hydrogen-bond acceptors (Lipinski definition) is 7. The summed E-state index contributed by atoms with van der Waals surface area (Å²) in [5.74, 6) is -0.0931. The molecule has 0 saturated carbocycles. The van der Waals surface area contributed by atoms with Crippen LogP contribution in [0.15, 0.2) is 84.9 Å². The number of carbonyl (C=O) groups is 1. The van der Waals surface area contributed by atoms with Gasteiger partial charge in [-0.3, -0.25) is 4.68 Å². The van der Waals surface area contributed by atoms with E-state index in [0.717, 1.165) is 73.3 Å². The molecule has 2 aliphatic heterocycles. The molecule has 8 rings (SSSR count). The molecule has 4 heterocycles. The number of ether oxygens (including phenoxy) is 1. The minimum absolute atomic E-state index is 0.343. The summed E-state index contributed by atoms with van der Waals surface area (Å²) in [6, 6.07) is 28.9. The summed E-state index contributed by atoms with van der Waals surface area (Å²) in [4.78, 5) is 17.8. The topological polar surface area (TPSA) is 116 Å². The Bertz CT molecular complexity index is 2510. The van der Waals surface area contributed by atoms with Crippen LogP contribution < -0.4 is 14.5 Å². The quantitative estimate of drug-likeness (QED) is 0.156. The van der Waals surface area contributed by atoms with Crippen LogP contribution in [0.4, 0.5) is 11.4 Å². The van der Waals surface area contributed by atoms with E-state index in [1.807, 2.05) is 53.6 Å². The van der Waals surface area contributed by atoms with E-state index >= 15 is 0 Å². The second kappa shape index (κ2) is 15.3. The predicted octanol–water partition coefficient (Wildman–Crippen LogP) is 6.55. The molecule has 1 fully saturated rings. The van der Waals surface area contributed by atoms with Crippen molar-refractivity contribution in [2.45, 2.75) is 39.3 Å². The Morgan fingerprint density at radius 1 is 0.839 bits per heavy atom. The molecule has 1 saturated heterocycles. The van der Waals surface area contributed by atoms with Crippen molar-refractivity contribution in [2.24, 2.45) is 7.05 Å². The maximum absolute atomic E-state index is 13.2. The summed E-state index contributed by atoms with van der Waals surface area (Å²) >= 11 is 0. The van der Waals surface area contributed by atoms with Crippen LogP contribution in [0.1, 0.15) is 40.3 Å². The first kappa shape index (κ1) is 37.5. The van der Waals surface area contributed by atoms with Gasteiger partial charge in [0.2, 0.25) is 0 Å². The number of aromatic carboxylic acids is 1. The molecule has 0 amide bonds. The van der Waals surface area contributed by atoms with Gasteiger partial charge in [0, 0.05) is 93.7 Å². The molecule has 0 spiro atoms. The van der Waals surface area contributed by atoms with E-state index in [2.05, 4.69) is 64.4 Å². The molecule has 0 unspecified atom stereocenters.